The van der Waals surface area contributed by atoms with E-state index >= 15 is 0 Å². The maximum atomic E-state index is 11.6. The zero-order valence-corrected chi connectivity index (χ0v) is 10.3. The van der Waals surface area contributed by atoms with Crippen molar-refractivity contribution in [2.24, 2.45) is 11.7 Å². The SMILES string of the molecule is CC1CCCC1NC(=O)N[C@H](CC(N)=O)C(=O)O. The summed E-state index contributed by atoms with van der Waals surface area (Å²) in [5.41, 5.74) is 4.92. The molecule has 3 atom stereocenters. The van der Waals surface area contributed by atoms with E-state index in [1.807, 2.05) is 6.92 Å². The van der Waals surface area contributed by atoms with E-state index in [-0.39, 0.29) is 6.04 Å². The number of urea groups is 1. The van der Waals surface area contributed by atoms with E-state index in [4.69, 9.17) is 10.8 Å². The standard InChI is InChI=1S/C11H19N3O4/c1-6-3-2-4-7(6)13-11(18)14-8(10(16)17)5-9(12)15/h6-8H,2-5H2,1H3,(H2,12,15)(H,16,17)(H2,13,14,18)/t6?,7?,8-/m1/s1. The van der Waals surface area contributed by atoms with E-state index in [2.05, 4.69) is 10.6 Å². The number of carboxylic acids is 1. The molecule has 1 rings (SSSR count). The van der Waals surface area contributed by atoms with Crippen LogP contribution in [0.3, 0.4) is 0 Å². The average molecular weight is 257 g/mol. The fourth-order valence-corrected chi connectivity index (χ4v) is 2.13. The number of nitrogens with one attached hydrogen (secondary N) is 2. The lowest BCUT2D eigenvalue weighted by Gasteiger charge is -2.19. The summed E-state index contributed by atoms with van der Waals surface area (Å²) in [6.45, 7) is 2.04. The van der Waals surface area contributed by atoms with Crippen LogP contribution in [0.5, 0.6) is 0 Å². The predicted molar refractivity (Wildman–Crippen MR) is 63.7 cm³/mol. The molecule has 1 fully saturated rings. The zero-order chi connectivity index (χ0) is 13.7. The number of aliphatic carboxylic acids is 1. The second-order valence-corrected chi connectivity index (χ2v) is 4.69. The van der Waals surface area contributed by atoms with Gasteiger partial charge in [0.25, 0.3) is 0 Å². The Labute approximate surface area is 105 Å². The molecule has 2 unspecified atom stereocenters. The van der Waals surface area contributed by atoms with Crippen LogP contribution in [-0.2, 0) is 9.59 Å². The van der Waals surface area contributed by atoms with Gasteiger partial charge < -0.3 is 21.5 Å². The number of hydrogen-bond donors (Lipinski definition) is 4. The quantitative estimate of drug-likeness (QED) is 0.545. The topological polar surface area (TPSA) is 122 Å². The molecule has 7 nitrogen and oxygen atoms in total. The lowest BCUT2D eigenvalue weighted by molar-refractivity contribution is -0.140. The molecule has 0 aliphatic heterocycles. The molecular formula is C11H19N3O4. The first kappa shape index (κ1) is 14.3. The monoisotopic (exact) mass is 257 g/mol. The van der Waals surface area contributed by atoms with Crippen LogP contribution in [0.4, 0.5) is 4.79 Å². The van der Waals surface area contributed by atoms with Gasteiger partial charge in [0.1, 0.15) is 6.04 Å². The highest BCUT2D eigenvalue weighted by molar-refractivity contribution is 5.87. The van der Waals surface area contributed by atoms with Gasteiger partial charge in [0.2, 0.25) is 5.91 Å². The van der Waals surface area contributed by atoms with Crippen LogP contribution in [0, 0.1) is 5.92 Å². The molecule has 3 amide bonds. The number of rotatable bonds is 5. The van der Waals surface area contributed by atoms with E-state index in [0.29, 0.717) is 5.92 Å². The van der Waals surface area contributed by atoms with Crippen LogP contribution in [0.1, 0.15) is 32.6 Å². The summed E-state index contributed by atoms with van der Waals surface area (Å²) in [6, 6.07) is -1.78. The highest BCUT2D eigenvalue weighted by Crippen LogP contribution is 2.24. The Hall–Kier alpha value is -1.79. The van der Waals surface area contributed by atoms with Gasteiger partial charge in [0.15, 0.2) is 0 Å². The number of hydrogen-bond acceptors (Lipinski definition) is 3. The van der Waals surface area contributed by atoms with Gasteiger partial charge in [-0.05, 0) is 18.8 Å². The van der Waals surface area contributed by atoms with Gasteiger partial charge in [-0.15, -0.1) is 0 Å². The summed E-state index contributed by atoms with van der Waals surface area (Å²) in [6.07, 6.45) is 2.58. The zero-order valence-electron chi connectivity index (χ0n) is 10.3. The minimum absolute atomic E-state index is 0.0630. The Balaban J connectivity index is 2.45. The number of nitrogens with two attached hydrogens (primary N) is 1. The summed E-state index contributed by atoms with van der Waals surface area (Å²) in [4.78, 5) is 33.1. The molecule has 0 aromatic heterocycles. The van der Waals surface area contributed by atoms with Crippen LogP contribution in [0.15, 0.2) is 0 Å². The Bertz CT molecular complexity index is 345. The number of amides is 3. The van der Waals surface area contributed by atoms with E-state index in [0.717, 1.165) is 19.3 Å². The van der Waals surface area contributed by atoms with Gasteiger partial charge >= 0.3 is 12.0 Å². The second-order valence-electron chi connectivity index (χ2n) is 4.69. The van der Waals surface area contributed by atoms with E-state index in [1.54, 1.807) is 0 Å². The highest BCUT2D eigenvalue weighted by Gasteiger charge is 2.27. The molecule has 0 saturated heterocycles. The Morgan fingerprint density at radius 3 is 2.50 bits per heavy atom. The molecule has 1 aliphatic rings. The predicted octanol–water partition coefficient (Wildman–Crippen LogP) is -0.197. The summed E-state index contributed by atoms with van der Waals surface area (Å²) in [7, 11) is 0. The fourth-order valence-electron chi connectivity index (χ4n) is 2.13. The Morgan fingerprint density at radius 2 is 2.06 bits per heavy atom. The molecule has 1 saturated carbocycles. The third-order valence-electron chi connectivity index (χ3n) is 3.19. The minimum Gasteiger partial charge on any atom is -0.480 e. The molecule has 0 bridgehead atoms. The molecule has 1 aliphatic carbocycles. The maximum absolute atomic E-state index is 11.6. The van der Waals surface area contributed by atoms with Crippen molar-refractivity contribution >= 4 is 17.9 Å². The Morgan fingerprint density at radius 1 is 1.39 bits per heavy atom. The summed E-state index contributed by atoms with van der Waals surface area (Å²) < 4.78 is 0. The average Bonchev–Trinajstić information content (AvgIpc) is 2.62. The second kappa shape index (κ2) is 6.23. The first-order valence-corrected chi connectivity index (χ1v) is 5.98. The smallest absolute Gasteiger partial charge is 0.326 e. The first-order valence-electron chi connectivity index (χ1n) is 5.98. The van der Waals surface area contributed by atoms with Gasteiger partial charge in [0, 0.05) is 6.04 Å². The lowest BCUT2D eigenvalue weighted by atomic mass is 10.1. The van der Waals surface area contributed by atoms with E-state index < -0.39 is 30.4 Å². The third-order valence-corrected chi connectivity index (χ3v) is 3.19. The van der Waals surface area contributed by atoms with E-state index in [9.17, 15) is 14.4 Å². The van der Waals surface area contributed by atoms with Crippen molar-refractivity contribution in [3.05, 3.63) is 0 Å². The van der Waals surface area contributed by atoms with E-state index in [1.165, 1.54) is 0 Å². The molecule has 102 valence electrons. The van der Waals surface area contributed by atoms with Gasteiger partial charge in [-0.25, -0.2) is 9.59 Å². The molecule has 0 aromatic rings. The Kier molecular flexibility index (Phi) is 4.94. The first-order chi connectivity index (χ1) is 8.40. The van der Waals surface area contributed by atoms with Crippen molar-refractivity contribution < 1.29 is 19.5 Å². The summed E-state index contributed by atoms with van der Waals surface area (Å²) in [5.74, 6) is -1.66. The van der Waals surface area contributed by atoms with Gasteiger partial charge in [-0.2, -0.15) is 0 Å². The van der Waals surface area contributed by atoms with Crippen molar-refractivity contribution in [2.75, 3.05) is 0 Å². The van der Waals surface area contributed by atoms with Crippen molar-refractivity contribution in [2.45, 2.75) is 44.7 Å². The normalized spacial score (nSPS) is 24.3. The van der Waals surface area contributed by atoms with Gasteiger partial charge in [-0.1, -0.05) is 13.3 Å². The third kappa shape index (κ3) is 4.23. The van der Waals surface area contributed by atoms with Crippen LogP contribution in [0.25, 0.3) is 0 Å². The van der Waals surface area contributed by atoms with Crippen molar-refractivity contribution in [3.8, 4) is 0 Å². The van der Waals surface area contributed by atoms with Crippen LogP contribution >= 0.6 is 0 Å². The van der Waals surface area contributed by atoms with Gasteiger partial charge in [-0.3, -0.25) is 4.79 Å². The lowest BCUT2D eigenvalue weighted by Crippen LogP contribution is -2.50. The minimum atomic E-state index is -1.28. The molecule has 7 heteroatoms. The van der Waals surface area contributed by atoms with Crippen molar-refractivity contribution in [1.29, 1.82) is 0 Å². The molecular weight excluding hydrogens is 238 g/mol. The fraction of sp³-hybridized carbons (Fsp3) is 0.727. The molecule has 5 N–H and O–H groups in total. The van der Waals surface area contributed by atoms with Crippen LogP contribution in [0.2, 0.25) is 0 Å². The number of carboxylic acid groups (broad SMARTS) is 1. The molecule has 0 heterocycles. The van der Waals surface area contributed by atoms with Crippen molar-refractivity contribution in [1.82, 2.24) is 10.6 Å². The molecule has 0 spiro atoms. The number of primary amides is 1. The van der Waals surface area contributed by atoms with Crippen LogP contribution in [-0.4, -0.2) is 35.1 Å². The molecule has 18 heavy (non-hydrogen) atoms. The van der Waals surface area contributed by atoms with Gasteiger partial charge in [0.05, 0.1) is 6.42 Å². The largest absolute Gasteiger partial charge is 0.480 e. The molecule has 0 radical (unpaired) electrons. The summed E-state index contributed by atoms with van der Waals surface area (Å²) in [5, 5.41) is 13.8. The van der Waals surface area contributed by atoms with Crippen molar-refractivity contribution in [3.63, 3.8) is 0 Å². The summed E-state index contributed by atoms with van der Waals surface area (Å²) >= 11 is 0. The maximum Gasteiger partial charge on any atom is 0.326 e. The molecule has 0 aromatic carbocycles. The van der Waals surface area contributed by atoms with Crippen LogP contribution < -0.4 is 16.4 Å². The highest BCUT2D eigenvalue weighted by atomic mass is 16.4. The number of carbonyl (C=O) groups is 3. The number of carbonyl (C=O) groups excluding carboxylic acids is 2.